The summed E-state index contributed by atoms with van der Waals surface area (Å²) in [6.45, 7) is 9.04. The maximum atomic E-state index is 12.3. The Morgan fingerprint density at radius 1 is 1.47 bits per heavy atom. The number of piperidine rings is 1. The van der Waals surface area contributed by atoms with Crippen molar-refractivity contribution in [3.8, 4) is 0 Å². The zero-order chi connectivity index (χ0) is 12.6. The molecule has 2 unspecified atom stereocenters. The molecule has 0 aromatic carbocycles. The molecule has 2 atom stereocenters. The van der Waals surface area contributed by atoms with Crippen LogP contribution in [0.2, 0.25) is 0 Å². The van der Waals surface area contributed by atoms with Gasteiger partial charge in [-0.2, -0.15) is 0 Å². The molecule has 2 fully saturated rings. The van der Waals surface area contributed by atoms with Gasteiger partial charge in [-0.05, 0) is 31.3 Å². The molecule has 4 heteroatoms. The quantitative estimate of drug-likeness (QED) is 0.737. The molecule has 1 amide bonds. The lowest BCUT2D eigenvalue weighted by Crippen LogP contribution is -2.67. The van der Waals surface area contributed by atoms with Crippen LogP contribution in [0.4, 0.5) is 0 Å². The van der Waals surface area contributed by atoms with Crippen molar-refractivity contribution >= 4 is 5.91 Å². The Bertz CT molecular complexity index is 298. The van der Waals surface area contributed by atoms with Crippen molar-refractivity contribution in [2.24, 2.45) is 17.8 Å². The summed E-state index contributed by atoms with van der Waals surface area (Å²) in [5, 5.41) is 13.5. The van der Waals surface area contributed by atoms with Gasteiger partial charge in [-0.25, -0.2) is 0 Å². The van der Waals surface area contributed by atoms with Crippen LogP contribution in [-0.4, -0.2) is 47.7 Å². The number of nitrogens with one attached hydrogen (secondary N) is 1. The predicted molar refractivity (Wildman–Crippen MR) is 66.5 cm³/mol. The van der Waals surface area contributed by atoms with Gasteiger partial charge in [0.2, 0.25) is 5.91 Å². The average Bonchev–Trinajstić information content (AvgIpc) is 2.24. The fourth-order valence-electron chi connectivity index (χ4n) is 2.75. The summed E-state index contributed by atoms with van der Waals surface area (Å²) in [5.41, 5.74) is -0.647. The lowest BCUT2D eigenvalue weighted by Gasteiger charge is -2.50. The van der Waals surface area contributed by atoms with E-state index in [1.54, 1.807) is 0 Å². The average molecular weight is 240 g/mol. The summed E-state index contributed by atoms with van der Waals surface area (Å²) in [6, 6.07) is 0. The molecule has 0 aromatic heterocycles. The van der Waals surface area contributed by atoms with E-state index in [1.807, 2.05) is 18.7 Å². The van der Waals surface area contributed by atoms with Crippen LogP contribution in [0.25, 0.3) is 0 Å². The van der Waals surface area contributed by atoms with Gasteiger partial charge in [0.25, 0.3) is 0 Å². The lowest BCUT2D eigenvalue weighted by atomic mass is 9.80. The van der Waals surface area contributed by atoms with Crippen LogP contribution in [0.1, 0.15) is 27.2 Å². The molecule has 0 spiro atoms. The summed E-state index contributed by atoms with van der Waals surface area (Å²) < 4.78 is 0. The number of β-amino-alcohol motifs (C(OH)–C–C–N with tert-alkyl or cyclic N) is 1. The first-order valence-electron chi connectivity index (χ1n) is 6.66. The van der Waals surface area contributed by atoms with Crippen molar-refractivity contribution < 1.29 is 9.90 Å². The molecule has 0 aromatic rings. The molecular weight excluding hydrogens is 216 g/mol. The van der Waals surface area contributed by atoms with Crippen molar-refractivity contribution in [2.45, 2.75) is 32.8 Å². The van der Waals surface area contributed by atoms with Gasteiger partial charge in [-0.3, -0.25) is 4.79 Å². The summed E-state index contributed by atoms with van der Waals surface area (Å²) in [6.07, 6.45) is 0.927. The van der Waals surface area contributed by atoms with Crippen molar-refractivity contribution in [2.75, 3.05) is 26.2 Å². The Morgan fingerprint density at radius 2 is 2.12 bits per heavy atom. The summed E-state index contributed by atoms with van der Waals surface area (Å²) in [5.74, 6) is 1.01. The lowest BCUT2D eigenvalue weighted by molar-refractivity contribution is -0.169. The Morgan fingerprint density at radius 3 is 2.65 bits per heavy atom. The van der Waals surface area contributed by atoms with E-state index < -0.39 is 5.60 Å². The van der Waals surface area contributed by atoms with Gasteiger partial charge >= 0.3 is 0 Å². The molecule has 2 rings (SSSR count). The Labute approximate surface area is 103 Å². The van der Waals surface area contributed by atoms with E-state index in [2.05, 4.69) is 12.2 Å². The number of hydrogen-bond donors (Lipinski definition) is 2. The maximum Gasteiger partial charge on any atom is 0.226 e. The molecule has 2 N–H and O–H groups in total. The molecule has 4 nitrogen and oxygen atoms in total. The van der Waals surface area contributed by atoms with E-state index >= 15 is 0 Å². The van der Waals surface area contributed by atoms with Crippen LogP contribution in [0, 0.1) is 17.8 Å². The highest BCUT2D eigenvalue weighted by molar-refractivity contribution is 5.80. The predicted octanol–water partition coefficient (Wildman–Crippen LogP) is 0.461. The number of likely N-dealkylation sites (tertiary alicyclic amines) is 1. The SMILES string of the molecule is CC1CNCCC1C(=O)N1CC(O)(C(C)C)C1. The van der Waals surface area contributed by atoms with Crippen LogP contribution in [-0.2, 0) is 4.79 Å². The number of rotatable bonds is 2. The van der Waals surface area contributed by atoms with Gasteiger partial charge < -0.3 is 15.3 Å². The summed E-state index contributed by atoms with van der Waals surface area (Å²) in [4.78, 5) is 14.1. The molecule has 0 bridgehead atoms. The molecule has 2 heterocycles. The number of hydrogen-bond acceptors (Lipinski definition) is 3. The minimum atomic E-state index is -0.647. The standard InChI is InChI=1S/C13H24N2O2/c1-9(2)13(17)7-15(8-13)12(16)11-4-5-14-6-10(11)3/h9-11,14,17H,4-8H2,1-3H3. The second kappa shape index (κ2) is 4.58. The Hall–Kier alpha value is -0.610. The van der Waals surface area contributed by atoms with E-state index in [1.165, 1.54) is 0 Å². The first-order valence-corrected chi connectivity index (χ1v) is 6.66. The van der Waals surface area contributed by atoms with Gasteiger partial charge in [0.1, 0.15) is 5.60 Å². The van der Waals surface area contributed by atoms with E-state index in [-0.39, 0.29) is 17.7 Å². The monoisotopic (exact) mass is 240 g/mol. The Kier molecular flexibility index (Phi) is 3.46. The smallest absolute Gasteiger partial charge is 0.226 e. The molecule has 0 aliphatic carbocycles. The van der Waals surface area contributed by atoms with Crippen molar-refractivity contribution in [3.05, 3.63) is 0 Å². The first kappa shape index (κ1) is 12.8. The van der Waals surface area contributed by atoms with E-state index in [0.29, 0.717) is 19.0 Å². The topological polar surface area (TPSA) is 52.6 Å². The van der Waals surface area contributed by atoms with Gasteiger partial charge in [0, 0.05) is 5.92 Å². The third-order valence-corrected chi connectivity index (χ3v) is 4.42. The molecule has 0 saturated carbocycles. The molecule has 98 valence electrons. The first-order chi connectivity index (χ1) is 7.94. The largest absolute Gasteiger partial charge is 0.386 e. The second-order valence-electron chi connectivity index (χ2n) is 6.03. The Balaban J connectivity index is 1.90. The highest BCUT2D eigenvalue weighted by Gasteiger charge is 2.47. The van der Waals surface area contributed by atoms with Gasteiger partial charge in [0.05, 0.1) is 13.1 Å². The molecule has 2 aliphatic heterocycles. The van der Waals surface area contributed by atoms with Gasteiger partial charge in [0.15, 0.2) is 0 Å². The van der Waals surface area contributed by atoms with Crippen LogP contribution in [0.3, 0.4) is 0 Å². The van der Waals surface area contributed by atoms with Crippen molar-refractivity contribution in [1.82, 2.24) is 10.2 Å². The van der Waals surface area contributed by atoms with Crippen molar-refractivity contribution in [1.29, 1.82) is 0 Å². The van der Waals surface area contributed by atoms with Crippen LogP contribution in [0.15, 0.2) is 0 Å². The number of nitrogens with zero attached hydrogens (tertiary/aromatic N) is 1. The third kappa shape index (κ3) is 2.33. The third-order valence-electron chi connectivity index (χ3n) is 4.42. The number of amides is 1. The zero-order valence-corrected chi connectivity index (χ0v) is 11.1. The highest BCUT2D eigenvalue weighted by atomic mass is 16.3. The number of carbonyl (C=O) groups excluding carboxylic acids is 1. The van der Waals surface area contributed by atoms with E-state index in [9.17, 15) is 9.90 Å². The maximum absolute atomic E-state index is 12.3. The van der Waals surface area contributed by atoms with Crippen molar-refractivity contribution in [3.63, 3.8) is 0 Å². The fraction of sp³-hybridized carbons (Fsp3) is 0.923. The van der Waals surface area contributed by atoms with Gasteiger partial charge in [-0.15, -0.1) is 0 Å². The van der Waals surface area contributed by atoms with E-state index in [4.69, 9.17) is 0 Å². The molecule has 2 aliphatic rings. The van der Waals surface area contributed by atoms with Crippen LogP contribution in [0.5, 0.6) is 0 Å². The van der Waals surface area contributed by atoms with Gasteiger partial charge in [-0.1, -0.05) is 20.8 Å². The number of aliphatic hydroxyl groups is 1. The molecular formula is C13H24N2O2. The second-order valence-corrected chi connectivity index (χ2v) is 6.03. The molecule has 0 radical (unpaired) electrons. The number of carbonyl (C=O) groups is 1. The highest BCUT2D eigenvalue weighted by Crippen LogP contribution is 2.32. The summed E-state index contributed by atoms with van der Waals surface area (Å²) >= 11 is 0. The van der Waals surface area contributed by atoms with E-state index in [0.717, 1.165) is 19.5 Å². The normalized spacial score (nSPS) is 32.4. The van der Waals surface area contributed by atoms with Crippen LogP contribution < -0.4 is 5.32 Å². The zero-order valence-electron chi connectivity index (χ0n) is 11.1. The minimum absolute atomic E-state index is 0.146. The summed E-state index contributed by atoms with van der Waals surface area (Å²) in [7, 11) is 0. The fourth-order valence-corrected chi connectivity index (χ4v) is 2.75. The molecule has 2 saturated heterocycles. The van der Waals surface area contributed by atoms with Crippen LogP contribution >= 0.6 is 0 Å². The molecule has 17 heavy (non-hydrogen) atoms. The minimum Gasteiger partial charge on any atom is -0.386 e.